The number of nitrogens with zero attached hydrogens (tertiary/aromatic N) is 4. The first kappa shape index (κ1) is 16.3. The lowest BCUT2D eigenvalue weighted by molar-refractivity contribution is 0.174. The summed E-state index contributed by atoms with van der Waals surface area (Å²) in [6.07, 6.45) is 0. The summed E-state index contributed by atoms with van der Waals surface area (Å²) < 4.78 is 2.41. The highest BCUT2D eigenvalue weighted by Gasteiger charge is 2.44. The first-order valence-electron chi connectivity index (χ1n) is 7.69. The van der Waals surface area contributed by atoms with Crippen molar-refractivity contribution >= 4 is 5.82 Å². The average molecular weight is 304 g/mol. The quantitative estimate of drug-likeness (QED) is 0.837. The van der Waals surface area contributed by atoms with Crippen molar-refractivity contribution < 1.29 is 0 Å². The van der Waals surface area contributed by atoms with Gasteiger partial charge < -0.3 is 4.90 Å². The molecule has 0 aliphatic carbocycles. The second-order valence-corrected chi connectivity index (χ2v) is 6.81. The molecule has 1 saturated heterocycles. The summed E-state index contributed by atoms with van der Waals surface area (Å²) in [4.78, 5) is 26.5. The Labute approximate surface area is 130 Å². The van der Waals surface area contributed by atoms with Crippen LogP contribution >= 0.6 is 0 Å². The number of aromatic nitrogens is 2. The molecule has 1 aliphatic heterocycles. The van der Waals surface area contributed by atoms with Gasteiger partial charge in [0.25, 0.3) is 5.56 Å². The van der Waals surface area contributed by atoms with Crippen molar-refractivity contribution in [2.45, 2.75) is 33.7 Å². The molecule has 0 amide bonds. The van der Waals surface area contributed by atoms with Crippen molar-refractivity contribution in [1.82, 2.24) is 9.13 Å². The molecule has 1 aromatic heterocycles. The van der Waals surface area contributed by atoms with Crippen molar-refractivity contribution in [2.24, 2.45) is 31.8 Å². The molecular weight excluding hydrogens is 280 g/mol. The monoisotopic (exact) mass is 304 g/mol. The van der Waals surface area contributed by atoms with E-state index in [4.69, 9.17) is 0 Å². The van der Waals surface area contributed by atoms with Gasteiger partial charge >= 0.3 is 5.69 Å². The van der Waals surface area contributed by atoms with Crippen molar-refractivity contribution in [3.8, 4) is 6.07 Å². The van der Waals surface area contributed by atoms with Crippen LogP contribution in [0.4, 0.5) is 5.82 Å². The lowest BCUT2D eigenvalue weighted by Gasteiger charge is -2.54. The number of nitriles is 1. The lowest BCUT2D eigenvalue weighted by atomic mass is 9.74. The predicted molar refractivity (Wildman–Crippen MR) is 85.9 cm³/mol. The summed E-state index contributed by atoms with van der Waals surface area (Å²) in [6, 6.07) is 2.23. The van der Waals surface area contributed by atoms with Crippen molar-refractivity contribution in [3.63, 3.8) is 0 Å². The van der Waals surface area contributed by atoms with Crippen LogP contribution in [0.15, 0.2) is 9.59 Å². The van der Waals surface area contributed by atoms with Gasteiger partial charge in [0.1, 0.15) is 11.9 Å². The molecule has 0 bridgehead atoms. The van der Waals surface area contributed by atoms with E-state index >= 15 is 0 Å². The third kappa shape index (κ3) is 2.25. The summed E-state index contributed by atoms with van der Waals surface area (Å²) in [5, 5.41) is 9.40. The molecule has 1 aliphatic rings. The van der Waals surface area contributed by atoms with Gasteiger partial charge in [0, 0.05) is 26.7 Å². The molecule has 6 nitrogen and oxygen atoms in total. The highest BCUT2D eigenvalue weighted by Crippen LogP contribution is 2.39. The van der Waals surface area contributed by atoms with E-state index in [1.807, 2.05) is 6.07 Å². The molecule has 1 aromatic rings. The molecule has 2 rings (SSSR count). The Hall–Kier alpha value is -2.03. The number of anilines is 1. The SMILES string of the molecule is CC(C)[C@@H]1CN(c2c(C#N)c(=O)n(C)c(=O)n2C)[C@H]1C(C)C. The topological polar surface area (TPSA) is 71.0 Å². The zero-order valence-electron chi connectivity index (χ0n) is 14.1. The highest BCUT2D eigenvalue weighted by molar-refractivity contribution is 5.56. The smallest absolute Gasteiger partial charge is 0.332 e. The summed E-state index contributed by atoms with van der Waals surface area (Å²) in [5.41, 5.74) is -0.858. The Bertz CT molecular complexity index is 736. The Morgan fingerprint density at radius 3 is 2.14 bits per heavy atom. The molecule has 0 unspecified atom stereocenters. The molecule has 0 radical (unpaired) electrons. The van der Waals surface area contributed by atoms with E-state index < -0.39 is 11.2 Å². The molecule has 2 heterocycles. The van der Waals surface area contributed by atoms with Crippen LogP contribution in [-0.2, 0) is 14.1 Å². The van der Waals surface area contributed by atoms with Gasteiger partial charge in [0.2, 0.25) is 0 Å². The molecule has 6 heteroatoms. The van der Waals surface area contributed by atoms with Crippen molar-refractivity contribution in [2.75, 3.05) is 11.4 Å². The maximum atomic E-state index is 12.2. The van der Waals surface area contributed by atoms with Gasteiger partial charge in [-0.25, -0.2) is 4.79 Å². The Morgan fingerprint density at radius 1 is 1.09 bits per heavy atom. The van der Waals surface area contributed by atoms with E-state index in [9.17, 15) is 14.9 Å². The molecule has 2 atom stereocenters. The van der Waals surface area contributed by atoms with E-state index in [-0.39, 0.29) is 11.6 Å². The van der Waals surface area contributed by atoms with Crippen LogP contribution in [0, 0.1) is 29.1 Å². The van der Waals surface area contributed by atoms with Crippen LogP contribution in [0.1, 0.15) is 33.3 Å². The van der Waals surface area contributed by atoms with Gasteiger partial charge in [-0.3, -0.25) is 13.9 Å². The standard InChI is InChI=1S/C16H24N4O2/c1-9(2)12-8-20(13(12)10(3)4)14-11(7-17)15(21)19(6)16(22)18(14)5/h9-10,12-13H,8H2,1-6H3/t12-,13-/m0/s1. The molecular formula is C16H24N4O2. The van der Waals surface area contributed by atoms with Gasteiger partial charge in [0.05, 0.1) is 0 Å². The van der Waals surface area contributed by atoms with Crippen LogP contribution in [0.3, 0.4) is 0 Å². The average Bonchev–Trinajstić information content (AvgIpc) is 2.40. The number of hydrogen-bond donors (Lipinski definition) is 0. The zero-order valence-corrected chi connectivity index (χ0v) is 14.1. The summed E-state index contributed by atoms with van der Waals surface area (Å²) in [6.45, 7) is 9.42. The first-order valence-corrected chi connectivity index (χ1v) is 7.69. The summed E-state index contributed by atoms with van der Waals surface area (Å²) in [5.74, 6) is 1.88. The summed E-state index contributed by atoms with van der Waals surface area (Å²) in [7, 11) is 3.03. The molecule has 0 spiro atoms. The minimum atomic E-state index is -0.517. The third-order valence-corrected chi connectivity index (χ3v) is 4.76. The van der Waals surface area contributed by atoms with Crippen LogP contribution in [0.2, 0.25) is 0 Å². The van der Waals surface area contributed by atoms with E-state index in [1.165, 1.54) is 11.6 Å². The van der Waals surface area contributed by atoms with Gasteiger partial charge in [-0.2, -0.15) is 5.26 Å². The maximum Gasteiger partial charge on any atom is 0.332 e. The second-order valence-electron chi connectivity index (χ2n) is 6.81. The first-order chi connectivity index (χ1) is 10.2. The van der Waals surface area contributed by atoms with Crippen LogP contribution in [-0.4, -0.2) is 21.7 Å². The van der Waals surface area contributed by atoms with Crippen LogP contribution < -0.4 is 16.1 Å². The van der Waals surface area contributed by atoms with E-state index in [2.05, 4.69) is 32.6 Å². The molecule has 0 N–H and O–H groups in total. The molecule has 0 saturated carbocycles. The van der Waals surface area contributed by atoms with Gasteiger partial charge in [-0.05, 0) is 17.8 Å². The largest absolute Gasteiger partial charge is 0.353 e. The van der Waals surface area contributed by atoms with E-state index in [1.54, 1.807) is 7.05 Å². The maximum absolute atomic E-state index is 12.2. The molecule has 120 valence electrons. The predicted octanol–water partition coefficient (Wildman–Crippen LogP) is 1.07. The lowest BCUT2D eigenvalue weighted by Crippen LogP contribution is -2.62. The van der Waals surface area contributed by atoms with Crippen molar-refractivity contribution in [1.29, 1.82) is 5.26 Å². The third-order valence-electron chi connectivity index (χ3n) is 4.76. The molecule has 0 aromatic carbocycles. The molecule has 22 heavy (non-hydrogen) atoms. The fourth-order valence-electron chi connectivity index (χ4n) is 3.50. The van der Waals surface area contributed by atoms with Gasteiger partial charge in [0.15, 0.2) is 5.56 Å². The Balaban J connectivity index is 2.62. The zero-order chi connectivity index (χ0) is 16.8. The minimum Gasteiger partial charge on any atom is -0.353 e. The van der Waals surface area contributed by atoms with Crippen LogP contribution in [0.5, 0.6) is 0 Å². The fourth-order valence-corrected chi connectivity index (χ4v) is 3.50. The Morgan fingerprint density at radius 2 is 1.68 bits per heavy atom. The normalized spacial score (nSPS) is 21.1. The van der Waals surface area contributed by atoms with Gasteiger partial charge in [-0.1, -0.05) is 27.7 Å². The summed E-state index contributed by atoms with van der Waals surface area (Å²) >= 11 is 0. The molecule has 1 fully saturated rings. The second kappa shape index (κ2) is 5.64. The van der Waals surface area contributed by atoms with E-state index in [0.29, 0.717) is 23.6 Å². The van der Waals surface area contributed by atoms with Crippen LogP contribution in [0.25, 0.3) is 0 Å². The minimum absolute atomic E-state index is 0.0532. The van der Waals surface area contributed by atoms with E-state index in [0.717, 1.165) is 11.1 Å². The fraction of sp³-hybridized carbons (Fsp3) is 0.688. The van der Waals surface area contributed by atoms with Crippen molar-refractivity contribution in [3.05, 3.63) is 26.4 Å². The number of rotatable bonds is 3. The Kier molecular flexibility index (Phi) is 4.19. The van der Waals surface area contributed by atoms with Gasteiger partial charge in [-0.15, -0.1) is 0 Å². The number of hydrogen-bond acceptors (Lipinski definition) is 4. The highest BCUT2D eigenvalue weighted by atomic mass is 16.2.